The molecule has 4 aromatic rings. The van der Waals surface area contributed by atoms with E-state index in [1.165, 1.54) is 0 Å². The number of para-hydroxylation sites is 1. The van der Waals surface area contributed by atoms with Crippen LogP contribution >= 0.6 is 11.6 Å². The lowest BCUT2D eigenvalue weighted by Crippen LogP contribution is -2.07. The Bertz CT molecular complexity index is 1180. The molecule has 2 aromatic carbocycles. The lowest BCUT2D eigenvalue weighted by Gasteiger charge is -2.16. The molecule has 4 rings (SSSR count). The molecule has 1 N–H and O–H groups in total. The fourth-order valence-corrected chi connectivity index (χ4v) is 3.33. The SMILES string of the molecule is C=C(Nc1cc(CC)ncc1-n1nnc2ccccc21)c1cc(C)ccc1Cl. The van der Waals surface area contributed by atoms with Crippen LogP contribution in [0, 0.1) is 6.92 Å². The Morgan fingerprint density at radius 3 is 2.82 bits per heavy atom. The Hall–Kier alpha value is -3.18. The molecule has 0 saturated carbocycles. The zero-order chi connectivity index (χ0) is 19.7. The van der Waals surface area contributed by atoms with Crippen molar-refractivity contribution in [2.75, 3.05) is 5.32 Å². The minimum absolute atomic E-state index is 0.653. The number of hydrogen-bond acceptors (Lipinski definition) is 4. The van der Waals surface area contributed by atoms with Crippen LogP contribution in [0.15, 0.2) is 61.3 Å². The van der Waals surface area contributed by atoms with Crippen molar-refractivity contribution in [2.24, 2.45) is 0 Å². The lowest BCUT2D eigenvalue weighted by molar-refractivity contribution is 0.819. The standard InChI is InChI=1S/C22H20ClN5/c1-4-16-12-20(25-15(3)17-11-14(2)9-10-18(17)23)22(13-24-16)28-21-8-6-5-7-19(21)26-27-28/h5-13H,3-4H2,1-2H3,(H,24,25). The number of hydrogen-bond donors (Lipinski definition) is 1. The normalized spacial score (nSPS) is 11.0. The van der Waals surface area contributed by atoms with E-state index in [0.717, 1.165) is 45.6 Å². The highest BCUT2D eigenvalue weighted by Gasteiger charge is 2.14. The van der Waals surface area contributed by atoms with Gasteiger partial charge in [0.15, 0.2) is 0 Å². The number of aromatic nitrogens is 4. The molecule has 0 fully saturated rings. The van der Waals surface area contributed by atoms with Gasteiger partial charge >= 0.3 is 0 Å². The molecule has 0 atom stereocenters. The van der Waals surface area contributed by atoms with E-state index < -0.39 is 0 Å². The van der Waals surface area contributed by atoms with E-state index in [-0.39, 0.29) is 0 Å². The van der Waals surface area contributed by atoms with Crippen LogP contribution < -0.4 is 5.32 Å². The second-order valence-corrected chi connectivity index (χ2v) is 7.03. The van der Waals surface area contributed by atoms with Crippen LogP contribution in [0.5, 0.6) is 0 Å². The molecule has 28 heavy (non-hydrogen) atoms. The maximum absolute atomic E-state index is 6.39. The van der Waals surface area contributed by atoms with Gasteiger partial charge in [-0.1, -0.05) is 54.1 Å². The van der Waals surface area contributed by atoms with Gasteiger partial charge in [-0.15, -0.1) is 5.10 Å². The van der Waals surface area contributed by atoms with E-state index in [1.54, 1.807) is 4.68 Å². The predicted octanol–water partition coefficient (Wildman–Crippen LogP) is 5.42. The number of rotatable bonds is 5. The Labute approximate surface area is 168 Å². The predicted molar refractivity (Wildman–Crippen MR) is 115 cm³/mol. The fourth-order valence-electron chi connectivity index (χ4n) is 3.10. The summed E-state index contributed by atoms with van der Waals surface area (Å²) in [5.41, 5.74) is 7.07. The number of anilines is 1. The van der Waals surface area contributed by atoms with Crippen molar-refractivity contribution in [3.05, 3.63) is 83.2 Å². The van der Waals surface area contributed by atoms with Crippen molar-refractivity contribution in [1.29, 1.82) is 0 Å². The second-order valence-electron chi connectivity index (χ2n) is 6.62. The Balaban J connectivity index is 1.80. The molecule has 0 spiro atoms. The van der Waals surface area contributed by atoms with Crippen LogP contribution in [0.4, 0.5) is 5.69 Å². The lowest BCUT2D eigenvalue weighted by atomic mass is 10.1. The van der Waals surface area contributed by atoms with E-state index in [2.05, 4.69) is 34.1 Å². The summed E-state index contributed by atoms with van der Waals surface area (Å²) in [6, 6.07) is 15.7. The van der Waals surface area contributed by atoms with Gasteiger partial charge in [-0.2, -0.15) is 0 Å². The highest BCUT2D eigenvalue weighted by molar-refractivity contribution is 6.32. The topological polar surface area (TPSA) is 55.6 Å². The number of aryl methyl sites for hydroxylation is 2. The quantitative estimate of drug-likeness (QED) is 0.495. The van der Waals surface area contributed by atoms with Crippen molar-refractivity contribution in [3.63, 3.8) is 0 Å². The summed E-state index contributed by atoms with van der Waals surface area (Å²) in [6.07, 6.45) is 2.64. The van der Waals surface area contributed by atoms with E-state index in [0.29, 0.717) is 10.7 Å². The third kappa shape index (κ3) is 3.37. The fraction of sp³-hybridized carbons (Fsp3) is 0.136. The summed E-state index contributed by atoms with van der Waals surface area (Å²) in [4.78, 5) is 4.55. The van der Waals surface area contributed by atoms with Crippen LogP contribution in [0.1, 0.15) is 23.7 Å². The first-order chi connectivity index (χ1) is 13.6. The van der Waals surface area contributed by atoms with E-state index >= 15 is 0 Å². The van der Waals surface area contributed by atoms with Gasteiger partial charge in [-0.3, -0.25) is 4.98 Å². The zero-order valence-corrected chi connectivity index (χ0v) is 16.5. The van der Waals surface area contributed by atoms with Crippen LogP contribution in [0.3, 0.4) is 0 Å². The number of pyridine rings is 1. The van der Waals surface area contributed by atoms with Gasteiger partial charge in [0.05, 0.1) is 17.4 Å². The maximum Gasteiger partial charge on any atom is 0.113 e. The first-order valence-electron chi connectivity index (χ1n) is 9.09. The van der Waals surface area contributed by atoms with E-state index in [1.807, 2.05) is 61.7 Å². The molecule has 0 aliphatic rings. The first-order valence-corrected chi connectivity index (χ1v) is 9.47. The highest BCUT2D eigenvalue weighted by atomic mass is 35.5. The molecule has 0 unspecified atom stereocenters. The van der Waals surface area contributed by atoms with Gasteiger partial charge in [0, 0.05) is 22.0 Å². The van der Waals surface area contributed by atoms with Gasteiger partial charge in [0.1, 0.15) is 11.2 Å². The molecule has 6 heteroatoms. The van der Waals surface area contributed by atoms with Crippen molar-refractivity contribution in [3.8, 4) is 5.69 Å². The monoisotopic (exact) mass is 389 g/mol. The molecule has 5 nitrogen and oxygen atoms in total. The molecule has 0 saturated heterocycles. The largest absolute Gasteiger partial charge is 0.354 e. The summed E-state index contributed by atoms with van der Waals surface area (Å²) in [7, 11) is 0. The first kappa shape index (κ1) is 18.2. The average Bonchev–Trinajstić information content (AvgIpc) is 3.13. The number of benzene rings is 2. The number of nitrogens with zero attached hydrogens (tertiary/aromatic N) is 4. The Kier molecular flexibility index (Phi) is 4.84. The summed E-state index contributed by atoms with van der Waals surface area (Å²) in [5, 5.41) is 12.6. The number of nitrogens with one attached hydrogen (secondary N) is 1. The van der Waals surface area contributed by atoms with Crippen LogP contribution in [-0.4, -0.2) is 20.0 Å². The molecule has 140 valence electrons. The Morgan fingerprint density at radius 1 is 1.18 bits per heavy atom. The van der Waals surface area contributed by atoms with Crippen LogP contribution in [-0.2, 0) is 6.42 Å². The average molecular weight is 390 g/mol. The minimum atomic E-state index is 0.653. The van der Waals surface area contributed by atoms with Gasteiger partial charge in [0.25, 0.3) is 0 Å². The molecule has 0 bridgehead atoms. The van der Waals surface area contributed by atoms with Gasteiger partial charge in [0.2, 0.25) is 0 Å². The van der Waals surface area contributed by atoms with Gasteiger partial charge in [-0.25, -0.2) is 4.68 Å². The summed E-state index contributed by atoms with van der Waals surface area (Å²) >= 11 is 6.39. The van der Waals surface area contributed by atoms with Crippen LogP contribution in [0.25, 0.3) is 22.4 Å². The van der Waals surface area contributed by atoms with Gasteiger partial charge < -0.3 is 5.32 Å². The van der Waals surface area contributed by atoms with Crippen molar-refractivity contribution in [2.45, 2.75) is 20.3 Å². The molecular formula is C22H20ClN5. The molecular weight excluding hydrogens is 370 g/mol. The third-order valence-electron chi connectivity index (χ3n) is 4.61. The summed E-state index contributed by atoms with van der Waals surface area (Å²) < 4.78 is 1.79. The van der Waals surface area contributed by atoms with E-state index in [4.69, 9.17) is 11.6 Å². The van der Waals surface area contributed by atoms with Crippen molar-refractivity contribution < 1.29 is 0 Å². The summed E-state index contributed by atoms with van der Waals surface area (Å²) in [5.74, 6) is 0. The number of halogens is 1. The van der Waals surface area contributed by atoms with E-state index in [9.17, 15) is 0 Å². The van der Waals surface area contributed by atoms with Crippen molar-refractivity contribution >= 4 is 34.0 Å². The third-order valence-corrected chi connectivity index (χ3v) is 4.94. The maximum atomic E-state index is 6.39. The zero-order valence-electron chi connectivity index (χ0n) is 15.8. The summed E-state index contributed by atoms with van der Waals surface area (Å²) in [6.45, 7) is 8.30. The molecule has 2 heterocycles. The van der Waals surface area contributed by atoms with Crippen LogP contribution in [0.2, 0.25) is 5.02 Å². The molecule has 2 aromatic heterocycles. The molecule has 0 radical (unpaired) electrons. The number of fused-ring (bicyclic) bond motifs is 1. The highest BCUT2D eigenvalue weighted by Crippen LogP contribution is 2.29. The molecule has 0 aliphatic carbocycles. The second kappa shape index (κ2) is 7.44. The minimum Gasteiger partial charge on any atom is -0.354 e. The van der Waals surface area contributed by atoms with Gasteiger partial charge in [-0.05, 0) is 43.7 Å². The Morgan fingerprint density at radius 2 is 2.00 bits per heavy atom. The molecule has 0 aliphatic heterocycles. The molecule has 0 amide bonds. The smallest absolute Gasteiger partial charge is 0.113 e. The van der Waals surface area contributed by atoms with Crippen molar-refractivity contribution in [1.82, 2.24) is 20.0 Å².